The lowest BCUT2D eigenvalue weighted by Crippen LogP contribution is -2.29. The van der Waals surface area contributed by atoms with Gasteiger partial charge >= 0.3 is 0 Å². The van der Waals surface area contributed by atoms with Crippen LogP contribution < -0.4 is 21.3 Å². The zero-order chi connectivity index (χ0) is 28.1. The first-order valence-corrected chi connectivity index (χ1v) is 12.6. The maximum absolute atomic E-state index is 12.2. The van der Waals surface area contributed by atoms with E-state index in [1.807, 2.05) is 81.3 Å². The fourth-order valence-electron chi connectivity index (χ4n) is 4.34. The summed E-state index contributed by atoms with van der Waals surface area (Å²) < 4.78 is 1.83. The minimum Gasteiger partial charge on any atom is -0.372 e. The number of aromatic nitrogens is 3. The van der Waals surface area contributed by atoms with Crippen LogP contribution in [0.1, 0.15) is 5.56 Å². The number of primary amides is 1. The van der Waals surface area contributed by atoms with Gasteiger partial charge in [-0.1, -0.05) is 24.8 Å². The van der Waals surface area contributed by atoms with Gasteiger partial charge in [0.15, 0.2) is 0 Å². The third-order valence-electron chi connectivity index (χ3n) is 6.37. The SMILES string of the molecule is C=CC(=O)Nc1cc(Nc2nccc(-c3cn(CC(N)=O)c4ccccc34)n2)c(C)cc1N(C)CCN(C)C. The van der Waals surface area contributed by atoms with Crippen molar-refractivity contribution < 1.29 is 9.59 Å². The number of amides is 2. The first-order chi connectivity index (χ1) is 18.7. The molecule has 202 valence electrons. The lowest BCUT2D eigenvalue weighted by molar-refractivity contribution is -0.118. The molecule has 0 fully saturated rings. The van der Waals surface area contributed by atoms with E-state index in [9.17, 15) is 9.59 Å². The Morgan fingerprint density at radius 1 is 1.10 bits per heavy atom. The molecule has 0 spiro atoms. The van der Waals surface area contributed by atoms with Crippen LogP contribution in [0.5, 0.6) is 0 Å². The molecule has 0 aliphatic carbocycles. The smallest absolute Gasteiger partial charge is 0.247 e. The summed E-state index contributed by atoms with van der Waals surface area (Å²) in [7, 11) is 6.04. The molecule has 0 saturated carbocycles. The first-order valence-electron chi connectivity index (χ1n) is 12.6. The van der Waals surface area contributed by atoms with Gasteiger partial charge in [0.25, 0.3) is 0 Å². The van der Waals surface area contributed by atoms with Gasteiger partial charge < -0.3 is 30.7 Å². The fraction of sp³-hybridized carbons (Fsp3) is 0.241. The Bertz CT molecular complexity index is 1530. The molecule has 0 aliphatic rings. The van der Waals surface area contributed by atoms with Crippen LogP contribution in [0, 0.1) is 6.92 Å². The molecule has 10 nitrogen and oxygen atoms in total. The molecule has 4 aromatic rings. The van der Waals surface area contributed by atoms with Crippen LogP contribution in [0.25, 0.3) is 22.2 Å². The molecular formula is C29H34N8O2. The van der Waals surface area contributed by atoms with Crippen molar-refractivity contribution in [1.82, 2.24) is 19.4 Å². The molecule has 2 amide bonds. The van der Waals surface area contributed by atoms with Crippen LogP contribution in [-0.4, -0.2) is 65.5 Å². The first kappa shape index (κ1) is 27.3. The molecule has 2 aromatic carbocycles. The summed E-state index contributed by atoms with van der Waals surface area (Å²) in [5, 5.41) is 7.19. The van der Waals surface area contributed by atoms with Gasteiger partial charge in [-0.05, 0) is 56.9 Å². The van der Waals surface area contributed by atoms with Gasteiger partial charge in [0, 0.05) is 54.7 Å². The molecule has 2 aromatic heterocycles. The lowest BCUT2D eigenvalue weighted by Gasteiger charge is -2.25. The Morgan fingerprint density at radius 3 is 2.59 bits per heavy atom. The summed E-state index contributed by atoms with van der Waals surface area (Å²) >= 11 is 0. The van der Waals surface area contributed by atoms with E-state index in [1.165, 1.54) is 6.08 Å². The minimum atomic E-state index is -0.419. The molecule has 0 aliphatic heterocycles. The molecule has 0 bridgehead atoms. The summed E-state index contributed by atoms with van der Waals surface area (Å²) in [6.07, 6.45) is 4.82. The highest BCUT2D eigenvalue weighted by Gasteiger charge is 2.16. The quantitative estimate of drug-likeness (QED) is 0.255. The number of anilines is 4. The van der Waals surface area contributed by atoms with Crippen molar-refractivity contribution in [3.8, 4) is 11.3 Å². The average molecular weight is 527 g/mol. The van der Waals surface area contributed by atoms with Crippen LogP contribution in [0.3, 0.4) is 0 Å². The van der Waals surface area contributed by atoms with Crippen LogP contribution in [0.4, 0.5) is 23.0 Å². The standard InChI is InChI=1S/C29H34N8O2/c1-6-28(39)32-24-16-23(19(2)15-26(24)36(5)14-13-35(3)4)34-29-31-12-11-22(33-29)21-17-37(18-27(30)38)25-10-8-7-9-20(21)25/h6-12,15-17H,1,13-14,18H2,2-5H3,(H2,30,38)(H,32,39)(H,31,33,34). The second kappa shape index (κ2) is 11.8. The molecule has 0 atom stereocenters. The Balaban J connectivity index is 1.69. The number of hydrogen-bond donors (Lipinski definition) is 3. The Morgan fingerprint density at radius 2 is 1.87 bits per heavy atom. The van der Waals surface area contributed by atoms with Gasteiger partial charge in [-0.25, -0.2) is 9.97 Å². The van der Waals surface area contributed by atoms with Crippen LogP contribution >= 0.6 is 0 Å². The molecule has 4 N–H and O–H groups in total. The van der Waals surface area contributed by atoms with Crippen LogP contribution in [0.15, 0.2) is 67.5 Å². The summed E-state index contributed by atoms with van der Waals surface area (Å²) in [6.45, 7) is 7.29. The fourth-order valence-corrected chi connectivity index (χ4v) is 4.34. The van der Waals surface area contributed by atoms with E-state index >= 15 is 0 Å². The number of nitrogens with two attached hydrogens (primary N) is 1. The van der Waals surface area contributed by atoms with Gasteiger partial charge in [0.05, 0.1) is 17.1 Å². The Hall–Kier alpha value is -4.70. The monoisotopic (exact) mass is 526 g/mol. The molecule has 0 unspecified atom stereocenters. The number of hydrogen-bond acceptors (Lipinski definition) is 7. The Kier molecular flexibility index (Phi) is 8.26. The number of aryl methyl sites for hydroxylation is 1. The highest BCUT2D eigenvalue weighted by Crippen LogP contribution is 2.34. The topological polar surface area (TPSA) is 121 Å². The molecule has 2 heterocycles. The molecule has 0 saturated heterocycles. The van der Waals surface area contributed by atoms with E-state index in [1.54, 1.807) is 6.20 Å². The van der Waals surface area contributed by atoms with Crippen molar-refractivity contribution in [1.29, 1.82) is 0 Å². The van der Waals surface area contributed by atoms with E-state index in [-0.39, 0.29) is 12.5 Å². The molecule has 4 rings (SSSR count). The molecule has 39 heavy (non-hydrogen) atoms. The van der Waals surface area contributed by atoms with E-state index < -0.39 is 5.91 Å². The third-order valence-corrected chi connectivity index (χ3v) is 6.37. The summed E-state index contributed by atoms with van der Waals surface area (Å²) in [5.74, 6) is -0.312. The summed E-state index contributed by atoms with van der Waals surface area (Å²) in [4.78, 5) is 37.2. The lowest BCUT2D eigenvalue weighted by atomic mass is 10.1. The number of likely N-dealkylation sites (N-methyl/N-ethyl adjacent to an activating group) is 2. The van der Waals surface area contributed by atoms with Gasteiger partial charge in [0.2, 0.25) is 17.8 Å². The maximum Gasteiger partial charge on any atom is 0.247 e. The van der Waals surface area contributed by atoms with Gasteiger partial charge in [-0.3, -0.25) is 9.59 Å². The van der Waals surface area contributed by atoms with Crippen molar-refractivity contribution in [3.05, 3.63) is 73.1 Å². The van der Waals surface area contributed by atoms with E-state index in [2.05, 4.69) is 32.0 Å². The van der Waals surface area contributed by atoms with Crippen molar-refractivity contribution in [2.75, 3.05) is 49.8 Å². The third kappa shape index (κ3) is 6.42. The normalized spacial score (nSPS) is 11.0. The number of nitrogens with zero attached hydrogens (tertiary/aromatic N) is 5. The van der Waals surface area contributed by atoms with E-state index in [0.717, 1.165) is 46.5 Å². The summed E-state index contributed by atoms with van der Waals surface area (Å²) in [6, 6.07) is 13.5. The average Bonchev–Trinajstić information content (AvgIpc) is 3.26. The minimum absolute atomic E-state index is 0.0739. The van der Waals surface area contributed by atoms with Crippen LogP contribution in [-0.2, 0) is 16.1 Å². The molecule has 10 heteroatoms. The number of rotatable bonds is 11. The van der Waals surface area contributed by atoms with Gasteiger partial charge in [0.1, 0.15) is 6.54 Å². The maximum atomic E-state index is 12.2. The van der Waals surface area contributed by atoms with Crippen molar-refractivity contribution in [2.24, 2.45) is 5.73 Å². The molecular weight excluding hydrogens is 492 g/mol. The number of nitrogens with one attached hydrogen (secondary N) is 2. The van der Waals surface area contributed by atoms with E-state index in [4.69, 9.17) is 10.7 Å². The van der Waals surface area contributed by atoms with Crippen molar-refractivity contribution in [2.45, 2.75) is 13.5 Å². The second-order valence-electron chi connectivity index (χ2n) is 9.65. The second-order valence-corrected chi connectivity index (χ2v) is 9.65. The zero-order valence-electron chi connectivity index (χ0n) is 22.7. The number of carbonyl (C=O) groups excluding carboxylic acids is 2. The number of benzene rings is 2. The van der Waals surface area contributed by atoms with Crippen molar-refractivity contribution >= 4 is 45.7 Å². The van der Waals surface area contributed by atoms with Gasteiger partial charge in [-0.2, -0.15) is 0 Å². The number of fused-ring (bicyclic) bond motifs is 1. The van der Waals surface area contributed by atoms with Crippen LogP contribution in [0.2, 0.25) is 0 Å². The predicted octanol–water partition coefficient (Wildman–Crippen LogP) is 3.76. The number of para-hydroxylation sites is 1. The predicted molar refractivity (Wildman–Crippen MR) is 157 cm³/mol. The molecule has 0 radical (unpaired) electrons. The highest BCUT2D eigenvalue weighted by molar-refractivity contribution is 6.02. The zero-order valence-corrected chi connectivity index (χ0v) is 22.7. The van der Waals surface area contributed by atoms with Crippen molar-refractivity contribution in [3.63, 3.8) is 0 Å². The van der Waals surface area contributed by atoms with Gasteiger partial charge in [-0.15, -0.1) is 0 Å². The largest absolute Gasteiger partial charge is 0.372 e. The van der Waals surface area contributed by atoms with E-state index in [0.29, 0.717) is 17.3 Å². The summed E-state index contributed by atoms with van der Waals surface area (Å²) in [5.41, 5.74) is 11.2. The highest BCUT2D eigenvalue weighted by atomic mass is 16.1. The number of carbonyl (C=O) groups is 2. The Labute approximate surface area is 228 Å².